The van der Waals surface area contributed by atoms with Gasteiger partial charge >= 0.3 is 0 Å². The molecule has 0 fully saturated rings. The monoisotopic (exact) mass is 490 g/mol. The minimum Gasteiger partial charge on any atom is -0.318 e. The van der Waals surface area contributed by atoms with Crippen LogP contribution in [0.3, 0.4) is 0 Å². The van der Waals surface area contributed by atoms with Crippen molar-refractivity contribution in [2.75, 3.05) is 0 Å². The van der Waals surface area contributed by atoms with Crippen molar-refractivity contribution in [3.05, 3.63) is 91.7 Å². The lowest BCUT2D eigenvalue weighted by Gasteiger charge is -2.20. The van der Waals surface area contributed by atoms with E-state index < -0.39 is 0 Å². The quantitative estimate of drug-likeness (QED) is 0.328. The van der Waals surface area contributed by atoms with Crippen LogP contribution in [0.5, 0.6) is 0 Å². The van der Waals surface area contributed by atoms with Crippen LogP contribution in [0.4, 0.5) is 0 Å². The summed E-state index contributed by atoms with van der Waals surface area (Å²) in [6, 6.07) is 16.0. The summed E-state index contributed by atoms with van der Waals surface area (Å²) >= 11 is 3.46. The van der Waals surface area contributed by atoms with Crippen molar-refractivity contribution >= 4 is 33.0 Å². The topological polar surface area (TPSA) is 52.2 Å². The first-order chi connectivity index (χ1) is 15.1. The Hall–Kier alpha value is -2.99. The molecule has 5 nitrogen and oxygen atoms in total. The van der Waals surface area contributed by atoms with Crippen LogP contribution in [0.1, 0.15) is 49.1 Å². The second-order valence-corrected chi connectivity index (χ2v) is 10.1. The molecular formula is C26H27BrN4O. The third-order valence-electron chi connectivity index (χ3n) is 5.62. The zero-order chi connectivity index (χ0) is 23.2. The molecule has 32 heavy (non-hydrogen) atoms. The van der Waals surface area contributed by atoms with Gasteiger partial charge in [0.25, 0.3) is 5.56 Å². The van der Waals surface area contributed by atoms with Crippen molar-refractivity contribution in [1.82, 2.24) is 14.2 Å². The molecule has 2 aromatic heterocycles. The molecule has 2 heterocycles. The van der Waals surface area contributed by atoms with Crippen LogP contribution in [0.25, 0.3) is 16.6 Å². The predicted octanol–water partition coefficient (Wildman–Crippen LogP) is 6.05. The maximum atomic E-state index is 13.4. The van der Waals surface area contributed by atoms with Gasteiger partial charge in [-0.3, -0.25) is 4.79 Å². The Labute approximate surface area is 196 Å². The summed E-state index contributed by atoms with van der Waals surface area (Å²) in [5.74, 6) is 0.626. The van der Waals surface area contributed by atoms with E-state index in [0.29, 0.717) is 16.7 Å². The van der Waals surface area contributed by atoms with Crippen molar-refractivity contribution in [3.63, 3.8) is 0 Å². The molecule has 0 aliphatic heterocycles. The van der Waals surface area contributed by atoms with Gasteiger partial charge in [0, 0.05) is 32.5 Å². The molecule has 0 bridgehead atoms. The van der Waals surface area contributed by atoms with Crippen LogP contribution in [0.2, 0.25) is 0 Å². The summed E-state index contributed by atoms with van der Waals surface area (Å²) in [6.07, 6.45) is 1.76. The van der Waals surface area contributed by atoms with E-state index in [-0.39, 0.29) is 11.0 Å². The molecule has 6 heteroatoms. The highest BCUT2D eigenvalue weighted by molar-refractivity contribution is 9.10. The Morgan fingerprint density at radius 1 is 1.03 bits per heavy atom. The minimum absolute atomic E-state index is 0.176. The van der Waals surface area contributed by atoms with E-state index in [1.165, 1.54) is 10.2 Å². The van der Waals surface area contributed by atoms with E-state index in [4.69, 9.17) is 4.98 Å². The van der Waals surface area contributed by atoms with E-state index in [2.05, 4.69) is 64.6 Å². The zero-order valence-electron chi connectivity index (χ0n) is 19.3. The van der Waals surface area contributed by atoms with Crippen molar-refractivity contribution in [2.45, 2.75) is 47.0 Å². The van der Waals surface area contributed by atoms with Gasteiger partial charge in [-0.15, -0.1) is 0 Å². The van der Waals surface area contributed by atoms with Crippen LogP contribution in [0, 0.1) is 20.8 Å². The van der Waals surface area contributed by atoms with Gasteiger partial charge in [0.1, 0.15) is 5.82 Å². The largest absolute Gasteiger partial charge is 0.318 e. The number of rotatable bonds is 3. The zero-order valence-corrected chi connectivity index (χ0v) is 20.9. The van der Waals surface area contributed by atoms with Crippen LogP contribution in [0.15, 0.2) is 62.9 Å². The molecule has 4 rings (SSSR count). The Morgan fingerprint density at radius 2 is 1.75 bits per heavy atom. The fourth-order valence-electron chi connectivity index (χ4n) is 3.96. The predicted molar refractivity (Wildman–Crippen MR) is 135 cm³/mol. The van der Waals surface area contributed by atoms with Gasteiger partial charge in [-0.2, -0.15) is 9.78 Å². The number of aromatic nitrogens is 3. The van der Waals surface area contributed by atoms with Gasteiger partial charge < -0.3 is 4.57 Å². The molecule has 0 aliphatic rings. The van der Waals surface area contributed by atoms with Gasteiger partial charge in [0.2, 0.25) is 0 Å². The third-order valence-corrected chi connectivity index (χ3v) is 6.11. The highest BCUT2D eigenvalue weighted by Crippen LogP contribution is 2.24. The number of hydrogen-bond acceptors (Lipinski definition) is 3. The lowest BCUT2D eigenvalue weighted by molar-refractivity contribution is 0.506. The Morgan fingerprint density at radius 3 is 2.44 bits per heavy atom. The number of nitrogens with zero attached hydrogens (tertiary/aromatic N) is 4. The second kappa shape index (κ2) is 8.17. The van der Waals surface area contributed by atoms with Crippen molar-refractivity contribution in [2.24, 2.45) is 5.10 Å². The van der Waals surface area contributed by atoms with E-state index in [9.17, 15) is 4.79 Å². The second-order valence-electron chi connectivity index (χ2n) is 9.16. The summed E-state index contributed by atoms with van der Waals surface area (Å²) in [5.41, 5.74) is 5.64. The molecule has 0 amide bonds. The Bertz CT molecular complexity index is 1420. The molecular weight excluding hydrogens is 464 g/mol. The molecule has 0 aliphatic carbocycles. The molecule has 0 saturated heterocycles. The van der Waals surface area contributed by atoms with Gasteiger partial charge in [-0.05, 0) is 56.7 Å². The third kappa shape index (κ3) is 3.95. The SMILES string of the molecule is Cc1ccccc1-n1c(C)cc(C=Nn2c(C(C)(C)C)nc3ccc(Br)cc3c2=O)c1C. The van der Waals surface area contributed by atoms with E-state index in [0.717, 1.165) is 27.1 Å². The molecule has 0 N–H and O–H groups in total. The van der Waals surface area contributed by atoms with Gasteiger partial charge in [-0.1, -0.05) is 54.9 Å². The molecule has 164 valence electrons. The summed E-state index contributed by atoms with van der Waals surface area (Å²) in [6.45, 7) is 12.4. The van der Waals surface area contributed by atoms with Crippen LogP contribution in [-0.4, -0.2) is 20.4 Å². The number of halogens is 1. The highest BCUT2D eigenvalue weighted by Gasteiger charge is 2.23. The molecule has 0 saturated carbocycles. The van der Waals surface area contributed by atoms with Crippen molar-refractivity contribution in [3.8, 4) is 5.69 Å². The number of hydrogen-bond donors (Lipinski definition) is 0. The summed E-state index contributed by atoms with van der Waals surface area (Å²) in [5, 5.41) is 5.18. The lowest BCUT2D eigenvalue weighted by Crippen LogP contribution is -2.29. The molecule has 0 unspecified atom stereocenters. The number of para-hydroxylation sites is 1. The summed E-state index contributed by atoms with van der Waals surface area (Å²) < 4.78 is 4.50. The van der Waals surface area contributed by atoms with Crippen LogP contribution in [-0.2, 0) is 5.41 Å². The van der Waals surface area contributed by atoms with Gasteiger partial charge in [-0.25, -0.2) is 4.98 Å². The number of fused-ring (bicyclic) bond motifs is 1. The van der Waals surface area contributed by atoms with E-state index >= 15 is 0 Å². The van der Waals surface area contributed by atoms with E-state index in [1.807, 2.05) is 45.0 Å². The summed E-state index contributed by atoms with van der Waals surface area (Å²) in [7, 11) is 0. The first kappa shape index (κ1) is 22.2. The van der Waals surface area contributed by atoms with Crippen molar-refractivity contribution < 1.29 is 0 Å². The first-order valence-electron chi connectivity index (χ1n) is 10.6. The van der Waals surface area contributed by atoms with Gasteiger partial charge in [0.15, 0.2) is 0 Å². The van der Waals surface area contributed by atoms with Crippen molar-refractivity contribution in [1.29, 1.82) is 0 Å². The maximum Gasteiger partial charge on any atom is 0.282 e. The molecule has 2 aromatic carbocycles. The maximum absolute atomic E-state index is 13.4. The average molecular weight is 491 g/mol. The Kier molecular flexibility index (Phi) is 5.67. The fourth-order valence-corrected chi connectivity index (χ4v) is 4.33. The fraction of sp³-hybridized carbons (Fsp3) is 0.269. The summed E-state index contributed by atoms with van der Waals surface area (Å²) in [4.78, 5) is 18.2. The molecule has 0 spiro atoms. The number of aryl methyl sites for hydroxylation is 2. The van der Waals surface area contributed by atoms with Crippen LogP contribution < -0.4 is 5.56 Å². The molecule has 4 aromatic rings. The highest BCUT2D eigenvalue weighted by atomic mass is 79.9. The molecule has 0 radical (unpaired) electrons. The normalized spacial score (nSPS) is 12.2. The smallest absolute Gasteiger partial charge is 0.282 e. The van der Waals surface area contributed by atoms with Gasteiger partial charge in [0.05, 0.1) is 17.1 Å². The Balaban J connectivity index is 1.88. The minimum atomic E-state index is -0.351. The molecule has 0 atom stereocenters. The van der Waals surface area contributed by atoms with Crippen LogP contribution >= 0.6 is 15.9 Å². The average Bonchev–Trinajstić information content (AvgIpc) is 3.00. The van der Waals surface area contributed by atoms with E-state index in [1.54, 1.807) is 12.3 Å². The standard InChI is InChI=1S/C26H27BrN4O/c1-16-9-7-8-10-23(16)30-17(2)13-19(18(30)3)15-28-31-24(32)21-14-20(27)11-12-22(21)29-25(31)26(4,5)6/h7-15H,1-6H3. The lowest BCUT2D eigenvalue weighted by atomic mass is 9.95. The first-order valence-corrected chi connectivity index (χ1v) is 11.4. The number of benzene rings is 2.